The zero-order valence-corrected chi connectivity index (χ0v) is 10.1. The second kappa shape index (κ2) is 5.06. The molecular weight excluding hydrogens is 225 g/mol. The van der Waals surface area contributed by atoms with E-state index in [0.717, 1.165) is 24.6 Å². The third-order valence-electron chi connectivity index (χ3n) is 2.81. The molecule has 1 saturated heterocycles. The van der Waals surface area contributed by atoms with Crippen molar-refractivity contribution in [3.8, 4) is 0 Å². The maximum absolute atomic E-state index is 13.8. The van der Waals surface area contributed by atoms with Gasteiger partial charge < -0.3 is 10.0 Å². The molecule has 0 aliphatic carbocycles. The molecule has 16 heavy (non-hydrogen) atoms. The summed E-state index contributed by atoms with van der Waals surface area (Å²) in [6.45, 7) is 3.44. The van der Waals surface area contributed by atoms with Crippen LogP contribution in [0.15, 0.2) is 18.2 Å². The van der Waals surface area contributed by atoms with Crippen LogP contribution in [0, 0.1) is 5.82 Å². The average Bonchev–Trinajstić information content (AvgIpc) is 2.30. The largest absolute Gasteiger partial charge is 0.389 e. The summed E-state index contributed by atoms with van der Waals surface area (Å²) in [6.07, 6.45) is -0.611. The summed E-state index contributed by atoms with van der Waals surface area (Å²) in [4.78, 5) is 2.07. The predicted octanol–water partition coefficient (Wildman–Crippen LogP) is 2.43. The Morgan fingerprint density at radius 3 is 2.62 bits per heavy atom. The van der Waals surface area contributed by atoms with E-state index in [2.05, 4.69) is 4.90 Å². The van der Waals surface area contributed by atoms with Crippen LogP contribution in [0.2, 0.25) is 0 Å². The number of rotatable bonds is 2. The molecule has 0 saturated carbocycles. The Hall–Kier alpha value is -0.740. The van der Waals surface area contributed by atoms with Crippen LogP contribution in [-0.2, 0) is 0 Å². The number of nitrogens with zero attached hydrogens (tertiary/aromatic N) is 1. The van der Waals surface area contributed by atoms with Crippen LogP contribution in [0.4, 0.5) is 10.1 Å². The summed E-state index contributed by atoms with van der Waals surface area (Å²) < 4.78 is 13.8. The van der Waals surface area contributed by atoms with Gasteiger partial charge in [0, 0.05) is 24.6 Å². The van der Waals surface area contributed by atoms with Gasteiger partial charge in [-0.1, -0.05) is 6.07 Å². The van der Waals surface area contributed by atoms with Crippen molar-refractivity contribution in [2.45, 2.75) is 13.0 Å². The van der Waals surface area contributed by atoms with Crippen molar-refractivity contribution in [3.05, 3.63) is 29.6 Å². The van der Waals surface area contributed by atoms with Crippen molar-refractivity contribution < 1.29 is 9.50 Å². The number of hydrogen-bond donors (Lipinski definition) is 1. The van der Waals surface area contributed by atoms with Gasteiger partial charge in [0.15, 0.2) is 0 Å². The molecule has 1 atom stereocenters. The highest BCUT2D eigenvalue weighted by Gasteiger charge is 2.15. The van der Waals surface area contributed by atoms with Crippen LogP contribution >= 0.6 is 11.8 Å². The minimum atomic E-state index is -0.611. The topological polar surface area (TPSA) is 23.5 Å². The van der Waals surface area contributed by atoms with E-state index in [4.69, 9.17) is 0 Å². The maximum Gasteiger partial charge on any atom is 0.146 e. The first-order valence-corrected chi connectivity index (χ1v) is 6.64. The van der Waals surface area contributed by atoms with Crippen molar-refractivity contribution in [1.82, 2.24) is 0 Å². The Morgan fingerprint density at radius 2 is 2.06 bits per heavy atom. The molecule has 2 rings (SSSR count). The Kier molecular flexibility index (Phi) is 3.71. The van der Waals surface area contributed by atoms with Crippen LogP contribution in [0.3, 0.4) is 0 Å². The molecule has 0 bridgehead atoms. The minimum absolute atomic E-state index is 0.231. The molecule has 4 heteroatoms. The summed E-state index contributed by atoms with van der Waals surface area (Å²) in [5.74, 6) is 1.88. The fourth-order valence-electron chi connectivity index (χ4n) is 1.84. The highest BCUT2D eigenvalue weighted by molar-refractivity contribution is 7.99. The van der Waals surface area contributed by atoms with Gasteiger partial charge in [-0.05, 0) is 24.6 Å². The first kappa shape index (κ1) is 11.7. The van der Waals surface area contributed by atoms with Crippen LogP contribution in [0.5, 0.6) is 0 Å². The van der Waals surface area contributed by atoms with Crippen molar-refractivity contribution in [1.29, 1.82) is 0 Å². The lowest BCUT2D eigenvalue weighted by atomic mass is 10.1. The molecule has 1 aliphatic heterocycles. The van der Waals surface area contributed by atoms with E-state index < -0.39 is 6.10 Å². The predicted molar refractivity (Wildman–Crippen MR) is 66.6 cm³/mol. The molecule has 1 aromatic rings. The van der Waals surface area contributed by atoms with Crippen LogP contribution in [0.25, 0.3) is 0 Å². The summed E-state index contributed by atoms with van der Waals surface area (Å²) in [5, 5.41) is 9.37. The second-order valence-corrected chi connectivity index (χ2v) is 5.21. The Bertz CT molecular complexity index is 364. The fourth-order valence-corrected chi connectivity index (χ4v) is 2.75. The molecule has 0 amide bonds. The zero-order chi connectivity index (χ0) is 11.5. The zero-order valence-electron chi connectivity index (χ0n) is 9.32. The molecule has 2 nitrogen and oxygen atoms in total. The number of thioether (sulfide) groups is 1. The van der Waals surface area contributed by atoms with E-state index >= 15 is 0 Å². The molecule has 88 valence electrons. The molecule has 1 aliphatic rings. The monoisotopic (exact) mass is 241 g/mol. The lowest BCUT2D eigenvalue weighted by Gasteiger charge is -2.29. The third kappa shape index (κ3) is 2.50. The van der Waals surface area contributed by atoms with E-state index in [1.54, 1.807) is 19.1 Å². The van der Waals surface area contributed by atoms with Gasteiger partial charge in [0.2, 0.25) is 0 Å². The molecule has 1 fully saturated rings. The highest BCUT2D eigenvalue weighted by Crippen LogP contribution is 2.25. The number of aliphatic hydroxyl groups is 1. The van der Waals surface area contributed by atoms with Gasteiger partial charge >= 0.3 is 0 Å². The van der Waals surface area contributed by atoms with Gasteiger partial charge in [0.05, 0.1) is 11.8 Å². The third-order valence-corrected chi connectivity index (χ3v) is 3.75. The Morgan fingerprint density at radius 1 is 1.38 bits per heavy atom. The van der Waals surface area contributed by atoms with Gasteiger partial charge in [-0.25, -0.2) is 4.39 Å². The summed E-state index contributed by atoms with van der Waals surface area (Å²) in [5.41, 5.74) is 1.29. The van der Waals surface area contributed by atoms with E-state index in [0.29, 0.717) is 11.3 Å². The minimum Gasteiger partial charge on any atom is -0.389 e. The number of halogens is 1. The van der Waals surface area contributed by atoms with Gasteiger partial charge in [-0.2, -0.15) is 11.8 Å². The molecule has 1 aromatic carbocycles. The van der Waals surface area contributed by atoms with Gasteiger partial charge in [0.1, 0.15) is 5.82 Å². The molecule has 0 unspecified atom stereocenters. The molecule has 1 heterocycles. The standard InChI is InChI=1S/C12H16FNOS/c1-9(15)10-2-3-12(11(13)8-10)14-4-6-16-7-5-14/h2-3,8-9,15H,4-7H2,1H3/t9-/m0/s1. The number of hydrogen-bond acceptors (Lipinski definition) is 3. The average molecular weight is 241 g/mol. The smallest absolute Gasteiger partial charge is 0.146 e. The van der Waals surface area contributed by atoms with Gasteiger partial charge in [-0.15, -0.1) is 0 Å². The summed E-state index contributed by atoms with van der Waals surface area (Å²) in [6, 6.07) is 5.00. The molecular formula is C12H16FNOS. The van der Waals surface area contributed by atoms with E-state index in [-0.39, 0.29) is 5.82 Å². The number of aliphatic hydroxyl groups excluding tert-OH is 1. The van der Waals surface area contributed by atoms with E-state index in [1.165, 1.54) is 6.07 Å². The number of benzene rings is 1. The van der Waals surface area contributed by atoms with Crippen molar-refractivity contribution >= 4 is 17.4 Å². The van der Waals surface area contributed by atoms with Crippen LogP contribution < -0.4 is 4.90 Å². The molecule has 1 N–H and O–H groups in total. The second-order valence-electron chi connectivity index (χ2n) is 3.99. The van der Waals surface area contributed by atoms with Crippen molar-refractivity contribution in [2.24, 2.45) is 0 Å². The van der Waals surface area contributed by atoms with Crippen LogP contribution in [0.1, 0.15) is 18.6 Å². The normalized spacial score (nSPS) is 18.6. The first-order valence-electron chi connectivity index (χ1n) is 5.48. The van der Waals surface area contributed by atoms with Crippen molar-refractivity contribution in [3.63, 3.8) is 0 Å². The van der Waals surface area contributed by atoms with E-state index in [9.17, 15) is 9.50 Å². The highest BCUT2D eigenvalue weighted by atomic mass is 32.2. The Labute approximate surface area is 99.5 Å². The number of anilines is 1. The first-order chi connectivity index (χ1) is 7.68. The molecule has 0 spiro atoms. The van der Waals surface area contributed by atoms with Gasteiger partial charge in [-0.3, -0.25) is 0 Å². The maximum atomic E-state index is 13.8. The SMILES string of the molecule is C[C@H](O)c1ccc(N2CCSCC2)c(F)c1. The quantitative estimate of drug-likeness (QED) is 0.860. The van der Waals surface area contributed by atoms with Gasteiger partial charge in [0.25, 0.3) is 0 Å². The fraction of sp³-hybridized carbons (Fsp3) is 0.500. The lowest BCUT2D eigenvalue weighted by Crippen LogP contribution is -2.33. The lowest BCUT2D eigenvalue weighted by molar-refractivity contribution is 0.199. The summed E-state index contributed by atoms with van der Waals surface area (Å²) in [7, 11) is 0. The van der Waals surface area contributed by atoms with E-state index in [1.807, 2.05) is 11.8 Å². The van der Waals surface area contributed by atoms with Crippen LogP contribution in [-0.4, -0.2) is 29.7 Å². The molecule has 0 radical (unpaired) electrons. The summed E-state index contributed by atoms with van der Waals surface area (Å²) >= 11 is 1.90. The van der Waals surface area contributed by atoms with Crippen molar-refractivity contribution in [2.75, 3.05) is 29.5 Å². The molecule has 0 aromatic heterocycles. The Balaban J connectivity index is 2.21.